The summed E-state index contributed by atoms with van der Waals surface area (Å²) in [6.07, 6.45) is 3.86. The van der Waals surface area contributed by atoms with Crippen molar-refractivity contribution in [3.05, 3.63) is 41.7 Å². The molecule has 0 saturated carbocycles. The summed E-state index contributed by atoms with van der Waals surface area (Å²) in [6, 6.07) is 6.96. The van der Waals surface area contributed by atoms with Crippen LogP contribution in [0.4, 0.5) is 4.39 Å². The molecule has 0 bridgehead atoms. The molecular weight excluding hydrogens is 201 g/mol. The lowest BCUT2D eigenvalue weighted by Crippen LogP contribution is -2.30. The van der Waals surface area contributed by atoms with Gasteiger partial charge in [-0.3, -0.25) is 0 Å². The summed E-state index contributed by atoms with van der Waals surface area (Å²) < 4.78 is 13.7. The van der Waals surface area contributed by atoms with Gasteiger partial charge in [0.05, 0.1) is 0 Å². The highest BCUT2D eigenvalue weighted by Gasteiger charge is 2.28. The van der Waals surface area contributed by atoms with Gasteiger partial charge in [-0.2, -0.15) is 0 Å². The van der Waals surface area contributed by atoms with Crippen LogP contribution >= 0.6 is 0 Å². The van der Waals surface area contributed by atoms with Crippen LogP contribution in [0.5, 0.6) is 0 Å². The number of halogens is 1. The van der Waals surface area contributed by atoms with Crippen LogP contribution in [-0.4, -0.2) is 6.04 Å². The Morgan fingerprint density at radius 2 is 2.00 bits per heavy atom. The molecule has 1 nitrogen and oxygen atoms in total. The van der Waals surface area contributed by atoms with Crippen molar-refractivity contribution in [3.63, 3.8) is 0 Å². The summed E-state index contributed by atoms with van der Waals surface area (Å²) in [7, 11) is 0. The number of hydrogen-bond acceptors (Lipinski definition) is 1. The van der Waals surface area contributed by atoms with Gasteiger partial charge >= 0.3 is 0 Å². The van der Waals surface area contributed by atoms with E-state index in [0.717, 1.165) is 18.4 Å². The normalized spacial score (nSPS) is 24.0. The Hall–Kier alpha value is -1.15. The van der Waals surface area contributed by atoms with Crippen LogP contribution < -0.4 is 5.73 Å². The first-order valence-electron chi connectivity index (χ1n) is 5.69. The largest absolute Gasteiger partial charge is 0.324 e. The number of rotatable bonds is 1. The maximum Gasteiger partial charge on any atom is 0.130 e. The molecule has 0 saturated heterocycles. The molecule has 0 radical (unpaired) electrons. The van der Waals surface area contributed by atoms with Crippen molar-refractivity contribution in [2.24, 2.45) is 11.1 Å². The summed E-state index contributed by atoms with van der Waals surface area (Å²) in [5.74, 6) is -0.154. The SMILES string of the molecule is CC1(C)CC(c2ccccc2F)=CC(N)C1. The molecule has 0 spiro atoms. The van der Waals surface area contributed by atoms with E-state index in [1.165, 1.54) is 6.07 Å². The highest BCUT2D eigenvalue weighted by Crippen LogP contribution is 2.39. The van der Waals surface area contributed by atoms with Crippen molar-refractivity contribution in [2.75, 3.05) is 0 Å². The van der Waals surface area contributed by atoms with E-state index in [4.69, 9.17) is 5.73 Å². The molecule has 0 heterocycles. The van der Waals surface area contributed by atoms with Gasteiger partial charge in [-0.25, -0.2) is 4.39 Å². The molecule has 86 valence electrons. The number of hydrogen-bond donors (Lipinski definition) is 1. The molecule has 2 N–H and O–H groups in total. The van der Waals surface area contributed by atoms with E-state index in [0.29, 0.717) is 5.56 Å². The predicted octanol–water partition coefficient (Wildman–Crippen LogP) is 3.36. The lowest BCUT2D eigenvalue weighted by molar-refractivity contribution is 0.318. The molecule has 0 amide bonds. The average Bonchev–Trinajstić information content (AvgIpc) is 2.15. The molecule has 1 aliphatic rings. The van der Waals surface area contributed by atoms with Gasteiger partial charge in [0.2, 0.25) is 0 Å². The third-order valence-corrected chi connectivity index (χ3v) is 3.09. The van der Waals surface area contributed by atoms with Crippen LogP contribution in [0, 0.1) is 11.2 Å². The Morgan fingerprint density at radius 3 is 2.62 bits per heavy atom. The van der Waals surface area contributed by atoms with Gasteiger partial charge in [0.15, 0.2) is 0 Å². The lowest BCUT2D eigenvalue weighted by Gasteiger charge is -2.33. The molecular formula is C14H18FN. The van der Waals surface area contributed by atoms with E-state index in [1.54, 1.807) is 6.07 Å². The quantitative estimate of drug-likeness (QED) is 0.770. The molecule has 1 aliphatic carbocycles. The first-order valence-corrected chi connectivity index (χ1v) is 5.69. The van der Waals surface area contributed by atoms with Gasteiger partial charge in [0, 0.05) is 11.6 Å². The zero-order chi connectivity index (χ0) is 11.8. The van der Waals surface area contributed by atoms with Crippen LogP contribution in [-0.2, 0) is 0 Å². The summed E-state index contributed by atoms with van der Waals surface area (Å²) in [6.45, 7) is 4.36. The third-order valence-electron chi connectivity index (χ3n) is 3.09. The predicted molar refractivity (Wildman–Crippen MR) is 65.4 cm³/mol. The monoisotopic (exact) mass is 219 g/mol. The summed E-state index contributed by atoms with van der Waals surface area (Å²) in [4.78, 5) is 0. The van der Waals surface area contributed by atoms with Crippen molar-refractivity contribution < 1.29 is 4.39 Å². The minimum Gasteiger partial charge on any atom is -0.324 e. The summed E-state index contributed by atoms with van der Waals surface area (Å²) in [5.41, 5.74) is 7.89. The van der Waals surface area contributed by atoms with Crippen molar-refractivity contribution in [1.29, 1.82) is 0 Å². The fourth-order valence-electron chi connectivity index (χ4n) is 2.51. The second-order valence-electron chi connectivity index (χ2n) is 5.38. The molecule has 1 unspecified atom stereocenters. The minimum atomic E-state index is -0.154. The second-order valence-corrected chi connectivity index (χ2v) is 5.38. The first-order chi connectivity index (χ1) is 7.48. The van der Waals surface area contributed by atoms with Crippen LogP contribution in [0.15, 0.2) is 30.3 Å². The van der Waals surface area contributed by atoms with Gasteiger partial charge in [-0.15, -0.1) is 0 Å². The lowest BCUT2D eigenvalue weighted by atomic mass is 9.74. The maximum atomic E-state index is 13.7. The number of nitrogens with two attached hydrogens (primary N) is 1. The molecule has 2 rings (SSSR count). The van der Waals surface area contributed by atoms with Crippen molar-refractivity contribution in [1.82, 2.24) is 0 Å². The van der Waals surface area contributed by atoms with Crippen LogP contribution in [0.1, 0.15) is 32.3 Å². The van der Waals surface area contributed by atoms with Gasteiger partial charge < -0.3 is 5.73 Å². The zero-order valence-corrected chi connectivity index (χ0v) is 9.83. The number of benzene rings is 1. The minimum absolute atomic E-state index is 0.0401. The highest BCUT2D eigenvalue weighted by atomic mass is 19.1. The molecule has 16 heavy (non-hydrogen) atoms. The average molecular weight is 219 g/mol. The standard InChI is InChI=1S/C14H18FN/c1-14(2)8-10(7-11(16)9-14)12-5-3-4-6-13(12)15/h3-7,11H,8-9,16H2,1-2H3. The highest BCUT2D eigenvalue weighted by molar-refractivity contribution is 5.68. The summed E-state index contributed by atoms with van der Waals surface area (Å²) in [5, 5.41) is 0. The van der Waals surface area contributed by atoms with Crippen LogP contribution in [0.2, 0.25) is 0 Å². The van der Waals surface area contributed by atoms with Crippen molar-refractivity contribution in [2.45, 2.75) is 32.7 Å². The zero-order valence-electron chi connectivity index (χ0n) is 9.83. The molecule has 0 fully saturated rings. The second kappa shape index (κ2) is 4.02. The third kappa shape index (κ3) is 2.33. The summed E-state index contributed by atoms with van der Waals surface area (Å²) >= 11 is 0. The van der Waals surface area contributed by atoms with Crippen LogP contribution in [0.3, 0.4) is 0 Å². The van der Waals surface area contributed by atoms with Gasteiger partial charge in [-0.05, 0) is 29.9 Å². The smallest absolute Gasteiger partial charge is 0.130 e. The van der Waals surface area contributed by atoms with E-state index in [-0.39, 0.29) is 17.3 Å². The molecule has 2 heteroatoms. The fourth-order valence-corrected chi connectivity index (χ4v) is 2.51. The molecule has 1 aromatic rings. The Labute approximate surface area is 96.2 Å². The van der Waals surface area contributed by atoms with Gasteiger partial charge in [0.1, 0.15) is 5.82 Å². The van der Waals surface area contributed by atoms with Gasteiger partial charge in [0.25, 0.3) is 0 Å². The van der Waals surface area contributed by atoms with Gasteiger partial charge in [-0.1, -0.05) is 38.1 Å². The first kappa shape index (κ1) is 11.3. The maximum absolute atomic E-state index is 13.7. The van der Waals surface area contributed by atoms with Crippen LogP contribution in [0.25, 0.3) is 5.57 Å². The molecule has 0 aromatic heterocycles. The number of allylic oxidation sites excluding steroid dienone is 1. The fraction of sp³-hybridized carbons (Fsp3) is 0.429. The van der Waals surface area contributed by atoms with E-state index >= 15 is 0 Å². The topological polar surface area (TPSA) is 26.0 Å². The molecule has 1 aromatic carbocycles. The molecule has 1 atom stereocenters. The van der Waals surface area contributed by atoms with Crippen molar-refractivity contribution in [3.8, 4) is 0 Å². The Kier molecular flexibility index (Phi) is 2.85. The van der Waals surface area contributed by atoms with E-state index < -0.39 is 0 Å². The van der Waals surface area contributed by atoms with E-state index in [9.17, 15) is 4.39 Å². The molecule has 0 aliphatic heterocycles. The Morgan fingerprint density at radius 1 is 1.31 bits per heavy atom. The van der Waals surface area contributed by atoms with E-state index in [1.807, 2.05) is 18.2 Å². The Balaban J connectivity index is 2.38. The Bertz CT molecular complexity index is 420. The van der Waals surface area contributed by atoms with E-state index in [2.05, 4.69) is 13.8 Å². The van der Waals surface area contributed by atoms with Crippen molar-refractivity contribution >= 4 is 5.57 Å².